The van der Waals surface area contributed by atoms with Gasteiger partial charge in [-0.1, -0.05) is 17.7 Å². The Bertz CT molecular complexity index is 985. The number of methoxy groups -OCH3 is 1. The quantitative estimate of drug-likeness (QED) is 0.446. The fourth-order valence-electron chi connectivity index (χ4n) is 2.45. The highest BCUT2D eigenvalue weighted by atomic mass is 35.5. The van der Waals surface area contributed by atoms with Crippen molar-refractivity contribution in [3.63, 3.8) is 0 Å². The third-order valence-electron chi connectivity index (χ3n) is 4.06. The topological polar surface area (TPSA) is 59.9 Å². The van der Waals surface area contributed by atoms with Crippen LogP contribution in [0.2, 0.25) is 5.02 Å². The lowest BCUT2D eigenvalue weighted by molar-refractivity contribution is 0.0955. The number of carbonyl (C=O) groups excluding carboxylic acids is 1. The van der Waals surface area contributed by atoms with Crippen LogP contribution in [0.1, 0.15) is 21.5 Å². The zero-order valence-electron chi connectivity index (χ0n) is 15.6. The fraction of sp³-hybridized carbons (Fsp3) is 0.0909. The van der Waals surface area contributed by atoms with Gasteiger partial charge in [-0.05, 0) is 66.2 Å². The SMILES string of the molecule is COc1ccc(C(=O)N/N=C/c2ccc(OCc3c(F)cccc3Cl)cc2)cc1. The first-order valence-corrected chi connectivity index (χ1v) is 9.08. The summed E-state index contributed by atoms with van der Waals surface area (Å²) in [7, 11) is 1.56. The van der Waals surface area contributed by atoms with Gasteiger partial charge in [0.05, 0.1) is 18.3 Å². The molecule has 0 saturated heterocycles. The first-order chi connectivity index (χ1) is 14.1. The highest BCUT2D eigenvalue weighted by Crippen LogP contribution is 2.21. The molecule has 1 amide bonds. The molecule has 3 aromatic rings. The third-order valence-corrected chi connectivity index (χ3v) is 4.41. The molecule has 0 spiro atoms. The monoisotopic (exact) mass is 412 g/mol. The van der Waals surface area contributed by atoms with Gasteiger partial charge in [-0.2, -0.15) is 5.10 Å². The van der Waals surface area contributed by atoms with E-state index >= 15 is 0 Å². The summed E-state index contributed by atoms with van der Waals surface area (Å²) in [5.74, 6) is 0.493. The lowest BCUT2D eigenvalue weighted by Crippen LogP contribution is -2.17. The largest absolute Gasteiger partial charge is 0.497 e. The molecule has 7 heteroatoms. The summed E-state index contributed by atoms with van der Waals surface area (Å²) in [5, 5.41) is 4.26. The molecule has 0 bridgehead atoms. The molecule has 29 heavy (non-hydrogen) atoms. The standard InChI is InChI=1S/C22H18ClFN2O3/c1-28-17-11-7-16(8-12-17)22(27)26-25-13-15-5-9-18(10-6-15)29-14-19-20(23)3-2-4-21(19)24/h2-13H,14H2,1H3,(H,26,27)/b25-13+. The zero-order valence-corrected chi connectivity index (χ0v) is 16.3. The van der Waals surface area contributed by atoms with Crippen molar-refractivity contribution in [2.24, 2.45) is 5.10 Å². The van der Waals surface area contributed by atoms with E-state index in [0.29, 0.717) is 27.6 Å². The molecule has 3 aromatic carbocycles. The molecule has 0 aliphatic heterocycles. The van der Waals surface area contributed by atoms with Crippen LogP contribution in [0.15, 0.2) is 71.8 Å². The van der Waals surface area contributed by atoms with Crippen LogP contribution >= 0.6 is 11.6 Å². The molecule has 0 saturated carbocycles. The number of hydrogen-bond donors (Lipinski definition) is 1. The van der Waals surface area contributed by atoms with Crippen LogP contribution in [0.25, 0.3) is 0 Å². The Kier molecular flexibility index (Phi) is 6.81. The molecule has 1 N–H and O–H groups in total. The lowest BCUT2D eigenvalue weighted by atomic mass is 10.2. The van der Waals surface area contributed by atoms with Gasteiger partial charge >= 0.3 is 0 Å². The van der Waals surface area contributed by atoms with E-state index in [9.17, 15) is 9.18 Å². The molecule has 0 radical (unpaired) electrons. The summed E-state index contributed by atoms with van der Waals surface area (Å²) in [6, 6.07) is 18.2. The van der Waals surface area contributed by atoms with Gasteiger partial charge in [0.2, 0.25) is 0 Å². The second-order valence-corrected chi connectivity index (χ2v) is 6.39. The van der Waals surface area contributed by atoms with E-state index < -0.39 is 5.82 Å². The molecule has 0 aromatic heterocycles. The van der Waals surface area contributed by atoms with Crippen molar-refractivity contribution in [1.29, 1.82) is 0 Å². The van der Waals surface area contributed by atoms with Gasteiger partial charge in [0.1, 0.15) is 23.9 Å². The van der Waals surface area contributed by atoms with Crippen molar-refractivity contribution in [2.75, 3.05) is 7.11 Å². The molecular weight excluding hydrogens is 395 g/mol. The Morgan fingerprint density at radius 1 is 1.07 bits per heavy atom. The number of halogens is 2. The summed E-state index contributed by atoms with van der Waals surface area (Å²) in [4.78, 5) is 12.0. The van der Waals surface area contributed by atoms with Gasteiger partial charge in [0.15, 0.2) is 0 Å². The van der Waals surface area contributed by atoms with Crippen LogP contribution in [0, 0.1) is 5.82 Å². The van der Waals surface area contributed by atoms with E-state index in [-0.39, 0.29) is 12.5 Å². The summed E-state index contributed by atoms with van der Waals surface area (Å²) in [5.41, 5.74) is 4.00. The van der Waals surface area contributed by atoms with Crippen molar-refractivity contribution in [3.8, 4) is 11.5 Å². The Morgan fingerprint density at radius 2 is 1.76 bits per heavy atom. The number of nitrogens with one attached hydrogen (secondary N) is 1. The van der Waals surface area contributed by atoms with E-state index in [1.807, 2.05) is 0 Å². The Hall–Kier alpha value is -3.38. The number of nitrogens with zero attached hydrogens (tertiary/aromatic N) is 1. The molecule has 0 unspecified atom stereocenters. The maximum atomic E-state index is 13.8. The number of hydrazone groups is 1. The van der Waals surface area contributed by atoms with Crippen molar-refractivity contribution >= 4 is 23.7 Å². The van der Waals surface area contributed by atoms with E-state index in [4.69, 9.17) is 21.1 Å². The summed E-state index contributed by atoms with van der Waals surface area (Å²) >= 11 is 5.98. The van der Waals surface area contributed by atoms with Crippen LogP contribution in [0.5, 0.6) is 11.5 Å². The fourth-order valence-corrected chi connectivity index (χ4v) is 2.67. The minimum Gasteiger partial charge on any atom is -0.497 e. The minimum absolute atomic E-state index is 0.0247. The number of benzene rings is 3. The molecule has 5 nitrogen and oxygen atoms in total. The maximum Gasteiger partial charge on any atom is 0.271 e. The van der Waals surface area contributed by atoms with Gasteiger partial charge in [-0.25, -0.2) is 9.82 Å². The van der Waals surface area contributed by atoms with E-state index in [1.54, 1.807) is 67.8 Å². The second kappa shape index (κ2) is 9.71. The summed E-state index contributed by atoms with van der Waals surface area (Å²) in [6.45, 7) is 0.0247. The molecule has 0 fully saturated rings. The molecule has 148 valence electrons. The molecular formula is C22H18ClFN2O3. The second-order valence-electron chi connectivity index (χ2n) is 5.99. The van der Waals surface area contributed by atoms with Crippen LogP contribution in [-0.4, -0.2) is 19.2 Å². The summed E-state index contributed by atoms with van der Waals surface area (Å²) < 4.78 is 24.4. The van der Waals surface area contributed by atoms with Crippen molar-refractivity contribution in [3.05, 3.63) is 94.3 Å². The highest BCUT2D eigenvalue weighted by Gasteiger charge is 2.07. The molecule has 0 heterocycles. The first-order valence-electron chi connectivity index (χ1n) is 8.70. The minimum atomic E-state index is -0.408. The van der Waals surface area contributed by atoms with Gasteiger partial charge < -0.3 is 9.47 Å². The Labute approximate surface area is 172 Å². The van der Waals surface area contributed by atoms with Gasteiger partial charge in [0, 0.05) is 11.1 Å². The molecule has 0 aliphatic rings. The zero-order chi connectivity index (χ0) is 20.6. The van der Waals surface area contributed by atoms with Gasteiger partial charge in [-0.15, -0.1) is 0 Å². The van der Waals surface area contributed by atoms with Crippen LogP contribution in [0.4, 0.5) is 4.39 Å². The van der Waals surface area contributed by atoms with Crippen molar-refractivity contribution < 1.29 is 18.7 Å². The Morgan fingerprint density at radius 3 is 2.41 bits per heavy atom. The average molecular weight is 413 g/mol. The average Bonchev–Trinajstić information content (AvgIpc) is 2.74. The number of amides is 1. The van der Waals surface area contributed by atoms with Gasteiger partial charge in [0.25, 0.3) is 5.91 Å². The molecule has 3 rings (SSSR count). The van der Waals surface area contributed by atoms with Gasteiger partial charge in [-0.3, -0.25) is 4.79 Å². The first kappa shape index (κ1) is 20.4. The number of ether oxygens (including phenoxy) is 2. The van der Waals surface area contributed by atoms with Crippen LogP contribution in [0.3, 0.4) is 0 Å². The maximum absolute atomic E-state index is 13.8. The van der Waals surface area contributed by atoms with Crippen molar-refractivity contribution in [2.45, 2.75) is 6.61 Å². The van der Waals surface area contributed by atoms with Crippen LogP contribution < -0.4 is 14.9 Å². The number of rotatable bonds is 7. The normalized spacial score (nSPS) is 10.7. The molecule has 0 aliphatic carbocycles. The lowest BCUT2D eigenvalue weighted by Gasteiger charge is -2.09. The molecule has 0 atom stereocenters. The van der Waals surface area contributed by atoms with E-state index in [0.717, 1.165) is 5.56 Å². The van der Waals surface area contributed by atoms with Crippen LogP contribution in [-0.2, 0) is 6.61 Å². The number of carbonyl (C=O) groups is 1. The predicted octanol–water partition coefficient (Wildman–Crippen LogP) is 4.83. The van der Waals surface area contributed by atoms with Crippen molar-refractivity contribution in [1.82, 2.24) is 5.43 Å². The summed E-state index contributed by atoms with van der Waals surface area (Å²) in [6.07, 6.45) is 1.51. The highest BCUT2D eigenvalue weighted by molar-refractivity contribution is 6.31. The van der Waals surface area contributed by atoms with E-state index in [1.165, 1.54) is 12.3 Å². The van der Waals surface area contributed by atoms with E-state index in [2.05, 4.69) is 10.5 Å². The number of hydrogen-bond acceptors (Lipinski definition) is 4. The smallest absolute Gasteiger partial charge is 0.271 e. The Balaban J connectivity index is 1.53. The predicted molar refractivity (Wildman–Crippen MR) is 110 cm³/mol. The third kappa shape index (κ3) is 5.56.